The standard InChI is InChI=1S/C19H19ClN4O/c1-4-24-13(3)21-17-11-14(9-10-18(17)24)19(25)23-22-12(2)15-7-5-6-8-16(15)20/h5-11H,4H2,1-3H3,(H,23,25)/b22-12-. The van der Waals surface area contributed by atoms with Crippen molar-refractivity contribution in [2.45, 2.75) is 27.3 Å². The number of rotatable bonds is 4. The normalized spacial score (nSPS) is 11.8. The minimum absolute atomic E-state index is 0.281. The van der Waals surface area contributed by atoms with Gasteiger partial charge in [-0.2, -0.15) is 5.10 Å². The van der Waals surface area contributed by atoms with Crippen LogP contribution in [-0.4, -0.2) is 21.2 Å². The number of aryl methyl sites for hydroxylation is 2. The lowest BCUT2D eigenvalue weighted by atomic mass is 10.1. The average Bonchev–Trinajstić information content (AvgIpc) is 2.93. The van der Waals surface area contributed by atoms with Gasteiger partial charge in [0.1, 0.15) is 5.82 Å². The minimum atomic E-state index is -0.281. The molecule has 0 bridgehead atoms. The van der Waals surface area contributed by atoms with E-state index in [4.69, 9.17) is 11.6 Å². The van der Waals surface area contributed by atoms with Crippen molar-refractivity contribution in [3.05, 3.63) is 64.4 Å². The van der Waals surface area contributed by atoms with Gasteiger partial charge >= 0.3 is 0 Å². The first-order chi connectivity index (χ1) is 12.0. The molecule has 128 valence electrons. The maximum Gasteiger partial charge on any atom is 0.271 e. The van der Waals surface area contributed by atoms with Gasteiger partial charge in [0, 0.05) is 22.7 Å². The van der Waals surface area contributed by atoms with Crippen LogP contribution in [-0.2, 0) is 6.54 Å². The van der Waals surface area contributed by atoms with E-state index >= 15 is 0 Å². The number of aromatic nitrogens is 2. The first kappa shape index (κ1) is 17.2. The number of nitrogens with one attached hydrogen (secondary N) is 1. The molecule has 25 heavy (non-hydrogen) atoms. The van der Waals surface area contributed by atoms with Gasteiger partial charge in [0.25, 0.3) is 5.91 Å². The second-order valence-corrected chi connectivity index (χ2v) is 6.13. The average molecular weight is 355 g/mol. The Hall–Kier alpha value is -2.66. The number of carbonyl (C=O) groups excluding carboxylic acids is 1. The number of hydrogen-bond acceptors (Lipinski definition) is 3. The van der Waals surface area contributed by atoms with Crippen molar-refractivity contribution in [3.8, 4) is 0 Å². The lowest BCUT2D eigenvalue weighted by Crippen LogP contribution is -2.19. The molecule has 1 heterocycles. The van der Waals surface area contributed by atoms with Crippen molar-refractivity contribution in [2.75, 3.05) is 0 Å². The zero-order chi connectivity index (χ0) is 18.0. The SMILES string of the molecule is CCn1c(C)nc2cc(C(=O)N/N=C(/C)c3ccccc3Cl)ccc21. The lowest BCUT2D eigenvalue weighted by molar-refractivity contribution is 0.0955. The smallest absolute Gasteiger partial charge is 0.271 e. The molecule has 0 aliphatic heterocycles. The number of benzene rings is 2. The fourth-order valence-electron chi connectivity index (χ4n) is 2.80. The van der Waals surface area contributed by atoms with Crippen LogP contribution in [0.3, 0.4) is 0 Å². The molecule has 3 aromatic rings. The summed E-state index contributed by atoms with van der Waals surface area (Å²) >= 11 is 6.14. The third-order valence-electron chi connectivity index (χ3n) is 4.11. The Morgan fingerprint density at radius 2 is 2.04 bits per heavy atom. The van der Waals surface area contributed by atoms with Gasteiger partial charge in [-0.1, -0.05) is 29.8 Å². The van der Waals surface area contributed by atoms with Crippen molar-refractivity contribution < 1.29 is 4.79 Å². The summed E-state index contributed by atoms with van der Waals surface area (Å²) in [6, 6.07) is 12.9. The molecule has 3 rings (SSSR count). The van der Waals surface area contributed by atoms with Crippen LogP contribution >= 0.6 is 11.6 Å². The number of carbonyl (C=O) groups is 1. The Morgan fingerprint density at radius 3 is 2.76 bits per heavy atom. The van der Waals surface area contributed by atoms with E-state index in [1.807, 2.05) is 31.2 Å². The molecule has 0 unspecified atom stereocenters. The lowest BCUT2D eigenvalue weighted by Gasteiger charge is -2.05. The second-order valence-electron chi connectivity index (χ2n) is 5.72. The third-order valence-corrected chi connectivity index (χ3v) is 4.44. The van der Waals surface area contributed by atoms with E-state index < -0.39 is 0 Å². The van der Waals surface area contributed by atoms with Gasteiger partial charge in [0.05, 0.1) is 16.7 Å². The number of fused-ring (bicyclic) bond motifs is 1. The molecule has 6 heteroatoms. The van der Waals surface area contributed by atoms with E-state index in [9.17, 15) is 4.79 Å². The molecule has 0 aliphatic rings. The summed E-state index contributed by atoms with van der Waals surface area (Å²) in [6.07, 6.45) is 0. The van der Waals surface area contributed by atoms with Crippen LogP contribution in [0.5, 0.6) is 0 Å². The summed E-state index contributed by atoms with van der Waals surface area (Å²) in [6.45, 7) is 6.67. The molecule has 1 aromatic heterocycles. The quantitative estimate of drug-likeness (QED) is 0.564. The number of halogens is 1. The van der Waals surface area contributed by atoms with E-state index in [-0.39, 0.29) is 5.91 Å². The molecular weight excluding hydrogens is 336 g/mol. The topological polar surface area (TPSA) is 59.3 Å². The zero-order valence-corrected chi connectivity index (χ0v) is 15.1. The third kappa shape index (κ3) is 3.42. The van der Waals surface area contributed by atoms with Gasteiger partial charge in [0.15, 0.2) is 0 Å². The number of hydrogen-bond donors (Lipinski definition) is 1. The fraction of sp³-hybridized carbons (Fsp3) is 0.211. The van der Waals surface area contributed by atoms with E-state index in [2.05, 4.69) is 27.0 Å². The summed E-state index contributed by atoms with van der Waals surface area (Å²) in [7, 11) is 0. The Kier molecular flexibility index (Phi) is 4.86. The number of nitrogens with zero attached hydrogens (tertiary/aromatic N) is 3. The van der Waals surface area contributed by atoms with E-state index in [1.165, 1.54) is 0 Å². The highest BCUT2D eigenvalue weighted by Gasteiger charge is 2.11. The predicted molar refractivity (Wildman–Crippen MR) is 101 cm³/mol. The largest absolute Gasteiger partial charge is 0.329 e. The molecule has 0 saturated carbocycles. The highest BCUT2D eigenvalue weighted by molar-refractivity contribution is 6.34. The van der Waals surface area contributed by atoms with Gasteiger partial charge in [-0.15, -0.1) is 0 Å². The molecule has 2 aromatic carbocycles. The van der Waals surface area contributed by atoms with E-state index in [0.29, 0.717) is 16.3 Å². The van der Waals surface area contributed by atoms with Crippen LogP contribution in [0.15, 0.2) is 47.6 Å². The van der Waals surface area contributed by atoms with E-state index in [1.54, 1.807) is 25.1 Å². The molecule has 1 amide bonds. The van der Waals surface area contributed by atoms with Crippen LogP contribution < -0.4 is 5.43 Å². The molecule has 0 radical (unpaired) electrons. The van der Waals surface area contributed by atoms with Gasteiger partial charge < -0.3 is 4.57 Å². The summed E-state index contributed by atoms with van der Waals surface area (Å²) in [4.78, 5) is 16.9. The molecule has 0 atom stereocenters. The Morgan fingerprint density at radius 1 is 1.28 bits per heavy atom. The number of hydrazone groups is 1. The maximum atomic E-state index is 12.4. The molecule has 1 N–H and O–H groups in total. The summed E-state index contributed by atoms with van der Waals surface area (Å²) in [5.41, 5.74) is 6.36. The van der Waals surface area contributed by atoms with Crippen LogP contribution in [0, 0.1) is 6.92 Å². The van der Waals surface area contributed by atoms with Crippen molar-refractivity contribution >= 4 is 34.3 Å². The Balaban J connectivity index is 1.83. The molecule has 0 fully saturated rings. The van der Waals surface area contributed by atoms with Crippen LogP contribution in [0.2, 0.25) is 5.02 Å². The zero-order valence-electron chi connectivity index (χ0n) is 14.4. The Bertz CT molecular complexity index is 975. The minimum Gasteiger partial charge on any atom is -0.329 e. The number of amides is 1. The van der Waals surface area contributed by atoms with Crippen LogP contribution in [0.1, 0.15) is 35.6 Å². The van der Waals surface area contributed by atoms with E-state index in [0.717, 1.165) is 29.0 Å². The van der Waals surface area contributed by atoms with Gasteiger partial charge in [-0.05, 0) is 45.0 Å². The van der Waals surface area contributed by atoms with Crippen molar-refractivity contribution in [3.63, 3.8) is 0 Å². The predicted octanol–water partition coefficient (Wildman–Crippen LogP) is 4.17. The van der Waals surface area contributed by atoms with Crippen molar-refractivity contribution in [1.82, 2.24) is 15.0 Å². The monoisotopic (exact) mass is 354 g/mol. The first-order valence-electron chi connectivity index (χ1n) is 8.07. The molecular formula is C19H19ClN4O. The number of imidazole rings is 1. The van der Waals surface area contributed by atoms with Crippen molar-refractivity contribution in [1.29, 1.82) is 0 Å². The first-order valence-corrected chi connectivity index (χ1v) is 8.45. The van der Waals surface area contributed by atoms with Crippen molar-refractivity contribution in [2.24, 2.45) is 5.10 Å². The van der Waals surface area contributed by atoms with Gasteiger partial charge in [0.2, 0.25) is 0 Å². The summed E-state index contributed by atoms with van der Waals surface area (Å²) in [5.74, 6) is 0.652. The second kappa shape index (κ2) is 7.07. The molecule has 5 nitrogen and oxygen atoms in total. The van der Waals surface area contributed by atoms with Crippen LogP contribution in [0.4, 0.5) is 0 Å². The maximum absolute atomic E-state index is 12.4. The molecule has 0 aliphatic carbocycles. The molecule has 0 spiro atoms. The summed E-state index contributed by atoms with van der Waals surface area (Å²) < 4.78 is 2.11. The van der Waals surface area contributed by atoms with Gasteiger partial charge in [-0.3, -0.25) is 4.79 Å². The fourth-order valence-corrected chi connectivity index (χ4v) is 3.08. The van der Waals surface area contributed by atoms with Crippen LogP contribution in [0.25, 0.3) is 11.0 Å². The molecule has 0 saturated heterocycles. The Labute approximate surface area is 151 Å². The highest BCUT2D eigenvalue weighted by atomic mass is 35.5. The summed E-state index contributed by atoms with van der Waals surface area (Å²) in [5, 5.41) is 4.75. The highest BCUT2D eigenvalue weighted by Crippen LogP contribution is 2.18. The van der Waals surface area contributed by atoms with Gasteiger partial charge in [-0.25, -0.2) is 10.4 Å².